The second-order valence-corrected chi connectivity index (χ2v) is 5.59. The molecule has 1 aromatic carbocycles. The first-order valence-corrected chi connectivity index (χ1v) is 6.83. The summed E-state index contributed by atoms with van der Waals surface area (Å²) in [4.78, 5) is 0. The van der Waals surface area contributed by atoms with E-state index in [2.05, 4.69) is 38.2 Å². The molecule has 1 N–H and O–H groups in total. The first-order valence-electron chi connectivity index (χ1n) is 6.83. The van der Waals surface area contributed by atoms with Crippen LogP contribution in [0.15, 0.2) is 18.2 Å². The van der Waals surface area contributed by atoms with Gasteiger partial charge in [-0.15, -0.1) is 0 Å². The van der Waals surface area contributed by atoms with E-state index in [1.165, 1.54) is 5.56 Å². The van der Waals surface area contributed by atoms with Gasteiger partial charge in [0.15, 0.2) is 0 Å². The van der Waals surface area contributed by atoms with Crippen molar-refractivity contribution >= 4 is 5.69 Å². The van der Waals surface area contributed by atoms with Crippen LogP contribution in [0.3, 0.4) is 0 Å². The number of benzene rings is 1. The molecule has 0 heterocycles. The van der Waals surface area contributed by atoms with Gasteiger partial charge in [0.25, 0.3) is 0 Å². The van der Waals surface area contributed by atoms with Crippen molar-refractivity contribution in [3.05, 3.63) is 23.8 Å². The molecule has 1 aromatic rings. The fourth-order valence-corrected chi connectivity index (χ4v) is 1.91. The smallest absolute Gasteiger partial charge is 0.119 e. The Bertz CT molecular complexity index is 447. The molecule has 0 radical (unpaired) electrons. The Balaban J connectivity index is 2.60. The zero-order chi connectivity index (χ0) is 14.3. The van der Waals surface area contributed by atoms with Crippen molar-refractivity contribution in [2.75, 3.05) is 18.5 Å². The van der Waals surface area contributed by atoms with Gasteiger partial charge in [-0.1, -0.05) is 13.8 Å². The van der Waals surface area contributed by atoms with Crippen molar-refractivity contribution in [1.82, 2.24) is 0 Å². The van der Waals surface area contributed by atoms with Crippen LogP contribution >= 0.6 is 0 Å². The van der Waals surface area contributed by atoms with E-state index in [-0.39, 0.29) is 5.41 Å². The molecule has 0 atom stereocenters. The average molecular weight is 260 g/mol. The summed E-state index contributed by atoms with van der Waals surface area (Å²) < 4.78 is 5.48. The molecule has 0 aromatic heterocycles. The van der Waals surface area contributed by atoms with E-state index in [1.807, 2.05) is 19.1 Å². The van der Waals surface area contributed by atoms with E-state index < -0.39 is 0 Å². The minimum atomic E-state index is 0.126. The zero-order valence-electron chi connectivity index (χ0n) is 12.4. The quantitative estimate of drug-likeness (QED) is 0.801. The molecule has 3 nitrogen and oxygen atoms in total. The Morgan fingerprint density at radius 3 is 2.68 bits per heavy atom. The molecule has 3 heteroatoms. The van der Waals surface area contributed by atoms with Crippen LogP contribution in [0.5, 0.6) is 5.75 Å². The molecule has 0 aliphatic rings. The zero-order valence-corrected chi connectivity index (χ0v) is 12.4. The Morgan fingerprint density at radius 1 is 1.37 bits per heavy atom. The third-order valence-electron chi connectivity index (χ3n) is 3.18. The van der Waals surface area contributed by atoms with E-state index in [0.29, 0.717) is 13.0 Å². The molecule has 0 unspecified atom stereocenters. The summed E-state index contributed by atoms with van der Waals surface area (Å²) in [6, 6.07) is 8.30. The summed E-state index contributed by atoms with van der Waals surface area (Å²) in [6.07, 6.45) is 1.52. The fraction of sp³-hybridized carbons (Fsp3) is 0.562. The highest BCUT2D eigenvalue weighted by Crippen LogP contribution is 2.26. The first kappa shape index (κ1) is 15.4. The largest absolute Gasteiger partial charge is 0.494 e. The molecule has 0 saturated carbocycles. The van der Waals surface area contributed by atoms with Crippen LogP contribution in [0, 0.1) is 23.7 Å². The number of nitriles is 1. The van der Waals surface area contributed by atoms with Crippen LogP contribution < -0.4 is 10.1 Å². The second-order valence-electron chi connectivity index (χ2n) is 5.59. The fourth-order valence-electron chi connectivity index (χ4n) is 1.91. The van der Waals surface area contributed by atoms with Crippen molar-refractivity contribution in [2.45, 2.75) is 40.5 Å². The lowest BCUT2D eigenvalue weighted by Crippen LogP contribution is -2.23. The maximum Gasteiger partial charge on any atom is 0.119 e. The van der Waals surface area contributed by atoms with Crippen molar-refractivity contribution in [1.29, 1.82) is 5.26 Å². The van der Waals surface area contributed by atoms with E-state index in [0.717, 1.165) is 24.4 Å². The summed E-state index contributed by atoms with van der Waals surface area (Å²) in [7, 11) is 0. The lowest BCUT2D eigenvalue weighted by Gasteiger charge is -2.25. The lowest BCUT2D eigenvalue weighted by atomic mass is 9.88. The Kier molecular flexibility index (Phi) is 5.69. The number of anilines is 1. The minimum Gasteiger partial charge on any atom is -0.494 e. The molecule has 0 fully saturated rings. The van der Waals surface area contributed by atoms with Gasteiger partial charge in [0, 0.05) is 18.7 Å². The molecule has 0 aliphatic heterocycles. The summed E-state index contributed by atoms with van der Waals surface area (Å²) in [5.41, 5.74) is 2.44. The van der Waals surface area contributed by atoms with E-state index in [4.69, 9.17) is 10.00 Å². The molecule has 0 amide bonds. The van der Waals surface area contributed by atoms with Crippen LogP contribution in [0.1, 0.15) is 39.2 Å². The van der Waals surface area contributed by atoms with E-state index in [1.54, 1.807) is 0 Å². The predicted molar refractivity (Wildman–Crippen MR) is 79.5 cm³/mol. The van der Waals surface area contributed by atoms with Crippen LogP contribution in [-0.2, 0) is 0 Å². The van der Waals surface area contributed by atoms with Gasteiger partial charge in [-0.05, 0) is 49.4 Å². The lowest BCUT2D eigenvalue weighted by molar-refractivity contribution is 0.340. The molecule has 19 heavy (non-hydrogen) atoms. The number of aryl methyl sites for hydroxylation is 1. The normalized spacial score (nSPS) is 10.9. The number of hydrogen-bond acceptors (Lipinski definition) is 3. The van der Waals surface area contributed by atoms with Gasteiger partial charge in [-0.2, -0.15) is 5.26 Å². The summed E-state index contributed by atoms with van der Waals surface area (Å²) in [6.45, 7) is 9.98. The van der Waals surface area contributed by atoms with Crippen LogP contribution in [-0.4, -0.2) is 13.2 Å². The highest BCUT2D eigenvalue weighted by Gasteiger charge is 2.17. The van der Waals surface area contributed by atoms with Crippen LogP contribution in [0.2, 0.25) is 0 Å². The third kappa shape index (κ3) is 5.21. The number of hydrogen-bond donors (Lipinski definition) is 1. The van der Waals surface area contributed by atoms with Crippen LogP contribution in [0.25, 0.3) is 0 Å². The van der Waals surface area contributed by atoms with Crippen molar-refractivity contribution in [2.24, 2.45) is 5.41 Å². The van der Waals surface area contributed by atoms with Crippen molar-refractivity contribution in [3.8, 4) is 11.8 Å². The van der Waals surface area contributed by atoms with Gasteiger partial charge in [-0.25, -0.2) is 0 Å². The molecular weight excluding hydrogens is 236 g/mol. The molecular formula is C16H24N2O. The van der Waals surface area contributed by atoms with Gasteiger partial charge < -0.3 is 10.1 Å². The number of nitrogens with zero attached hydrogens (tertiary/aromatic N) is 1. The topological polar surface area (TPSA) is 45.0 Å². The average Bonchev–Trinajstić information content (AvgIpc) is 2.36. The van der Waals surface area contributed by atoms with E-state index in [9.17, 15) is 0 Å². The van der Waals surface area contributed by atoms with Gasteiger partial charge in [0.2, 0.25) is 0 Å². The molecule has 0 spiro atoms. The Hall–Kier alpha value is -1.69. The predicted octanol–water partition coefficient (Wildman–Crippen LogP) is 4.14. The molecule has 0 bridgehead atoms. The van der Waals surface area contributed by atoms with Gasteiger partial charge >= 0.3 is 0 Å². The minimum absolute atomic E-state index is 0.126. The Labute approximate surface area is 116 Å². The number of ether oxygens (including phenoxy) is 1. The van der Waals surface area contributed by atoms with Gasteiger partial charge in [0.05, 0.1) is 12.7 Å². The van der Waals surface area contributed by atoms with E-state index >= 15 is 0 Å². The maximum atomic E-state index is 8.66. The monoisotopic (exact) mass is 260 g/mol. The van der Waals surface area contributed by atoms with Crippen LogP contribution in [0.4, 0.5) is 5.69 Å². The van der Waals surface area contributed by atoms with Gasteiger partial charge in [0.1, 0.15) is 5.75 Å². The Morgan fingerprint density at radius 2 is 2.11 bits per heavy atom. The number of nitrogens with one attached hydrogen (secondary N) is 1. The molecule has 0 aliphatic carbocycles. The third-order valence-corrected chi connectivity index (χ3v) is 3.18. The molecule has 1 rings (SSSR count). The number of rotatable bonds is 7. The summed E-state index contributed by atoms with van der Waals surface area (Å²) >= 11 is 0. The van der Waals surface area contributed by atoms with Crippen molar-refractivity contribution in [3.63, 3.8) is 0 Å². The maximum absolute atomic E-state index is 8.66. The second kappa shape index (κ2) is 7.04. The highest BCUT2D eigenvalue weighted by molar-refractivity contribution is 5.53. The molecule has 0 saturated heterocycles. The van der Waals surface area contributed by atoms with Crippen molar-refractivity contribution < 1.29 is 4.74 Å². The highest BCUT2D eigenvalue weighted by atomic mass is 16.5. The SMILES string of the molecule is CCOc1ccc(NCC(C)(C)CCC#N)c(C)c1. The summed E-state index contributed by atoms with van der Waals surface area (Å²) in [5.74, 6) is 0.911. The standard InChI is InChI=1S/C16H24N2O/c1-5-19-14-7-8-15(13(2)11-14)18-12-16(3,4)9-6-10-17/h7-8,11,18H,5-6,9,12H2,1-4H3. The summed E-state index contributed by atoms with van der Waals surface area (Å²) in [5, 5.41) is 12.1. The first-order chi connectivity index (χ1) is 8.98. The van der Waals surface area contributed by atoms with Gasteiger partial charge in [-0.3, -0.25) is 0 Å². The molecule has 104 valence electrons.